The standard InChI is InChI=1S/C21H34N4O/c1-17(2)6-4-10-24-11-5-8-21(15-24)9-7-20(26)25(16-21)14-19-13-22-18(3)12-23-19/h12-13,17H,4-11,14-16H2,1-3H3/t21-/m0/s1. The molecule has 0 aromatic carbocycles. The number of likely N-dealkylation sites (tertiary alicyclic amines) is 2. The van der Waals surface area contributed by atoms with Crippen LogP contribution in [-0.4, -0.2) is 51.9 Å². The molecule has 0 radical (unpaired) electrons. The highest BCUT2D eigenvalue weighted by Crippen LogP contribution is 2.39. The van der Waals surface area contributed by atoms with Crippen LogP contribution in [-0.2, 0) is 11.3 Å². The third kappa shape index (κ3) is 5.03. The first kappa shape index (κ1) is 19.3. The fraction of sp³-hybridized carbons (Fsp3) is 0.762. The first-order valence-corrected chi connectivity index (χ1v) is 10.2. The van der Waals surface area contributed by atoms with Gasteiger partial charge in [0.15, 0.2) is 0 Å². The number of carbonyl (C=O) groups excluding carboxylic acids is 1. The number of carbonyl (C=O) groups is 1. The quantitative estimate of drug-likeness (QED) is 0.782. The van der Waals surface area contributed by atoms with E-state index in [4.69, 9.17) is 0 Å². The molecule has 3 heterocycles. The lowest BCUT2D eigenvalue weighted by molar-refractivity contribution is -0.140. The monoisotopic (exact) mass is 358 g/mol. The predicted molar refractivity (Wildman–Crippen MR) is 104 cm³/mol. The molecule has 5 nitrogen and oxygen atoms in total. The van der Waals surface area contributed by atoms with Gasteiger partial charge in [-0.1, -0.05) is 13.8 Å². The fourth-order valence-corrected chi connectivity index (χ4v) is 4.50. The first-order valence-electron chi connectivity index (χ1n) is 10.2. The van der Waals surface area contributed by atoms with Gasteiger partial charge in [0, 0.05) is 31.1 Å². The van der Waals surface area contributed by atoms with E-state index in [1.165, 1.54) is 38.8 Å². The highest BCUT2D eigenvalue weighted by molar-refractivity contribution is 5.77. The molecule has 0 N–H and O–H groups in total. The van der Waals surface area contributed by atoms with E-state index in [1.807, 2.05) is 18.0 Å². The van der Waals surface area contributed by atoms with Crippen molar-refractivity contribution in [2.24, 2.45) is 11.3 Å². The van der Waals surface area contributed by atoms with Crippen molar-refractivity contribution in [2.75, 3.05) is 26.2 Å². The van der Waals surface area contributed by atoms with Crippen LogP contribution in [0.2, 0.25) is 0 Å². The van der Waals surface area contributed by atoms with Crippen molar-refractivity contribution in [3.05, 3.63) is 23.8 Å². The van der Waals surface area contributed by atoms with Gasteiger partial charge in [0.1, 0.15) is 0 Å². The lowest BCUT2D eigenvalue weighted by atomic mass is 9.73. The van der Waals surface area contributed by atoms with Crippen LogP contribution in [0.3, 0.4) is 0 Å². The smallest absolute Gasteiger partial charge is 0.222 e. The molecule has 1 aromatic rings. The van der Waals surface area contributed by atoms with Crippen LogP contribution in [0.15, 0.2) is 12.4 Å². The van der Waals surface area contributed by atoms with E-state index in [-0.39, 0.29) is 11.3 Å². The number of piperidine rings is 2. The SMILES string of the molecule is Cc1cnc(CN2C[C@@]3(CCCN(CCCC(C)C)C3)CCC2=O)cn1. The maximum absolute atomic E-state index is 12.5. The van der Waals surface area contributed by atoms with E-state index in [1.54, 1.807) is 6.20 Å². The van der Waals surface area contributed by atoms with Gasteiger partial charge in [0.2, 0.25) is 5.91 Å². The molecule has 2 aliphatic heterocycles. The molecule has 1 spiro atoms. The normalized spacial score (nSPS) is 24.6. The third-order valence-corrected chi connectivity index (χ3v) is 5.93. The molecule has 3 rings (SSSR count). The molecule has 0 bridgehead atoms. The molecule has 1 atom stereocenters. The molecule has 0 aliphatic carbocycles. The van der Waals surface area contributed by atoms with E-state index >= 15 is 0 Å². The summed E-state index contributed by atoms with van der Waals surface area (Å²) in [4.78, 5) is 25.9. The van der Waals surface area contributed by atoms with Crippen molar-refractivity contribution in [1.29, 1.82) is 0 Å². The van der Waals surface area contributed by atoms with E-state index in [2.05, 4.69) is 28.7 Å². The minimum atomic E-state index is 0.273. The second-order valence-corrected chi connectivity index (χ2v) is 8.81. The zero-order valence-electron chi connectivity index (χ0n) is 16.7. The largest absolute Gasteiger partial charge is 0.336 e. The fourth-order valence-electron chi connectivity index (χ4n) is 4.50. The van der Waals surface area contributed by atoms with Gasteiger partial charge in [-0.25, -0.2) is 0 Å². The molecule has 26 heavy (non-hydrogen) atoms. The molecule has 2 fully saturated rings. The summed E-state index contributed by atoms with van der Waals surface area (Å²) in [7, 11) is 0. The second-order valence-electron chi connectivity index (χ2n) is 8.81. The van der Waals surface area contributed by atoms with Gasteiger partial charge >= 0.3 is 0 Å². The van der Waals surface area contributed by atoms with Crippen molar-refractivity contribution in [2.45, 2.75) is 65.8 Å². The Labute approximate surface area is 158 Å². The van der Waals surface area contributed by atoms with Gasteiger partial charge in [0.05, 0.1) is 24.1 Å². The van der Waals surface area contributed by atoms with Crippen LogP contribution in [0.25, 0.3) is 0 Å². The number of rotatable bonds is 6. The number of hydrogen-bond donors (Lipinski definition) is 0. The molecule has 2 saturated heterocycles. The lowest BCUT2D eigenvalue weighted by Gasteiger charge is -2.48. The van der Waals surface area contributed by atoms with Crippen LogP contribution in [0.1, 0.15) is 63.8 Å². The van der Waals surface area contributed by atoms with Gasteiger partial charge in [-0.2, -0.15) is 0 Å². The van der Waals surface area contributed by atoms with E-state index in [0.29, 0.717) is 13.0 Å². The van der Waals surface area contributed by atoms with Crippen LogP contribution < -0.4 is 0 Å². The summed E-state index contributed by atoms with van der Waals surface area (Å²) < 4.78 is 0. The van der Waals surface area contributed by atoms with Crippen LogP contribution in [0.4, 0.5) is 0 Å². The minimum Gasteiger partial charge on any atom is -0.336 e. The molecule has 1 amide bonds. The van der Waals surface area contributed by atoms with Gasteiger partial charge in [0.25, 0.3) is 0 Å². The van der Waals surface area contributed by atoms with Crippen molar-refractivity contribution in [1.82, 2.24) is 19.8 Å². The number of amides is 1. The Morgan fingerprint density at radius 2 is 2.04 bits per heavy atom. The maximum atomic E-state index is 12.5. The van der Waals surface area contributed by atoms with Crippen molar-refractivity contribution >= 4 is 5.91 Å². The molecule has 0 saturated carbocycles. The minimum absolute atomic E-state index is 0.273. The molecule has 0 unspecified atom stereocenters. The highest BCUT2D eigenvalue weighted by atomic mass is 16.2. The number of nitrogens with zero attached hydrogens (tertiary/aromatic N) is 4. The Hall–Kier alpha value is -1.49. The van der Waals surface area contributed by atoms with Crippen LogP contribution >= 0.6 is 0 Å². The topological polar surface area (TPSA) is 49.3 Å². The zero-order chi connectivity index (χ0) is 18.6. The molecular weight excluding hydrogens is 324 g/mol. The molecular formula is C21H34N4O. The molecule has 1 aromatic heterocycles. The van der Waals surface area contributed by atoms with Gasteiger partial charge in [-0.05, 0) is 58.0 Å². The summed E-state index contributed by atoms with van der Waals surface area (Å²) in [6.07, 6.45) is 10.4. The Balaban J connectivity index is 1.60. The number of hydrogen-bond acceptors (Lipinski definition) is 4. The summed E-state index contributed by atoms with van der Waals surface area (Å²) >= 11 is 0. The summed E-state index contributed by atoms with van der Waals surface area (Å²) in [5.74, 6) is 1.06. The van der Waals surface area contributed by atoms with Crippen LogP contribution in [0, 0.1) is 18.3 Å². The Bertz CT molecular complexity index is 601. The van der Waals surface area contributed by atoms with E-state index in [0.717, 1.165) is 36.8 Å². The first-order chi connectivity index (χ1) is 12.5. The Morgan fingerprint density at radius 3 is 2.77 bits per heavy atom. The second kappa shape index (κ2) is 8.47. The van der Waals surface area contributed by atoms with E-state index in [9.17, 15) is 4.79 Å². The Kier molecular flexibility index (Phi) is 6.28. The summed E-state index contributed by atoms with van der Waals surface area (Å²) in [6, 6.07) is 0. The molecule has 5 heteroatoms. The van der Waals surface area contributed by atoms with Crippen molar-refractivity contribution < 1.29 is 4.79 Å². The number of aryl methyl sites for hydroxylation is 1. The Morgan fingerprint density at radius 1 is 1.19 bits per heavy atom. The van der Waals surface area contributed by atoms with Gasteiger partial charge in [-0.15, -0.1) is 0 Å². The predicted octanol–water partition coefficient (Wildman–Crippen LogP) is 3.43. The number of aromatic nitrogens is 2. The summed E-state index contributed by atoms with van der Waals surface area (Å²) in [6.45, 7) is 11.6. The maximum Gasteiger partial charge on any atom is 0.222 e. The van der Waals surface area contributed by atoms with Gasteiger partial charge in [-0.3, -0.25) is 14.8 Å². The van der Waals surface area contributed by atoms with Crippen molar-refractivity contribution in [3.63, 3.8) is 0 Å². The molecule has 144 valence electrons. The average Bonchev–Trinajstić information content (AvgIpc) is 2.60. The highest BCUT2D eigenvalue weighted by Gasteiger charge is 2.41. The van der Waals surface area contributed by atoms with E-state index < -0.39 is 0 Å². The summed E-state index contributed by atoms with van der Waals surface area (Å²) in [5.41, 5.74) is 2.09. The third-order valence-electron chi connectivity index (χ3n) is 5.93. The van der Waals surface area contributed by atoms with Crippen molar-refractivity contribution in [3.8, 4) is 0 Å². The summed E-state index contributed by atoms with van der Waals surface area (Å²) in [5, 5.41) is 0. The van der Waals surface area contributed by atoms with Crippen LogP contribution in [0.5, 0.6) is 0 Å². The average molecular weight is 359 g/mol. The molecule has 2 aliphatic rings. The van der Waals surface area contributed by atoms with Gasteiger partial charge < -0.3 is 9.80 Å². The zero-order valence-corrected chi connectivity index (χ0v) is 16.7. The lowest BCUT2D eigenvalue weighted by Crippen LogP contribution is -2.53.